The minimum absolute atomic E-state index is 0.118. The molecule has 0 spiro atoms. The van der Waals surface area contributed by atoms with Gasteiger partial charge in [-0.25, -0.2) is 8.78 Å². The van der Waals surface area contributed by atoms with Gasteiger partial charge in [-0.15, -0.1) is 0 Å². The highest BCUT2D eigenvalue weighted by molar-refractivity contribution is 5.41. The summed E-state index contributed by atoms with van der Waals surface area (Å²) in [6.45, 7) is 1.86. The number of hydrogen-bond acceptors (Lipinski definition) is 2. The van der Waals surface area contributed by atoms with Crippen molar-refractivity contribution in [1.82, 2.24) is 10.2 Å². The molecule has 0 amide bonds. The summed E-state index contributed by atoms with van der Waals surface area (Å²) in [5, 5.41) is 9.54. The van der Waals surface area contributed by atoms with Gasteiger partial charge in [0.05, 0.1) is 11.9 Å². The van der Waals surface area contributed by atoms with Crippen LogP contribution in [0.15, 0.2) is 30.6 Å². The van der Waals surface area contributed by atoms with Crippen LogP contribution in [0.4, 0.5) is 14.5 Å². The average molecular weight is 223 g/mol. The highest BCUT2D eigenvalue weighted by atomic mass is 19.2. The van der Waals surface area contributed by atoms with Crippen molar-refractivity contribution < 1.29 is 8.78 Å². The molecule has 0 saturated heterocycles. The van der Waals surface area contributed by atoms with E-state index in [2.05, 4.69) is 15.5 Å². The van der Waals surface area contributed by atoms with E-state index in [1.807, 2.05) is 6.92 Å². The van der Waals surface area contributed by atoms with Crippen LogP contribution in [0.25, 0.3) is 0 Å². The minimum Gasteiger partial charge on any atom is -0.376 e. The molecular formula is C11H11F2N3. The third-order valence-electron chi connectivity index (χ3n) is 2.33. The van der Waals surface area contributed by atoms with Crippen LogP contribution in [0.5, 0.6) is 0 Å². The number of nitrogens with one attached hydrogen (secondary N) is 2. The Bertz CT molecular complexity index is 468. The summed E-state index contributed by atoms with van der Waals surface area (Å²) in [6, 6.07) is 3.74. The number of rotatable bonds is 3. The number of halogens is 2. The zero-order chi connectivity index (χ0) is 11.5. The van der Waals surface area contributed by atoms with Gasteiger partial charge in [0.25, 0.3) is 0 Å². The number of benzene rings is 1. The molecule has 1 aromatic heterocycles. The van der Waals surface area contributed by atoms with Crippen LogP contribution in [0.2, 0.25) is 0 Å². The molecule has 16 heavy (non-hydrogen) atoms. The molecule has 1 unspecified atom stereocenters. The third kappa shape index (κ3) is 2.18. The molecule has 1 heterocycles. The van der Waals surface area contributed by atoms with E-state index in [9.17, 15) is 8.78 Å². The summed E-state index contributed by atoms with van der Waals surface area (Å²) in [5.74, 6) is -1.67. The number of aromatic nitrogens is 2. The maximum atomic E-state index is 13.0. The Balaban J connectivity index is 2.14. The highest BCUT2D eigenvalue weighted by Gasteiger charge is 2.09. The van der Waals surface area contributed by atoms with Crippen molar-refractivity contribution in [2.45, 2.75) is 13.0 Å². The topological polar surface area (TPSA) is 40.7 Å². The van der Waals surface area contributed by atoms with Crippen molar-refractivity contribution in [3.63, 3.8) is 0 Å². The van der Waals surface area contributed by atoms with Crippen LogP contribution >= 0.6 is 0 Å². The lowest BCUT2D eigenvalue weighted by molar-refractivity contribution is 0.506. The molecule has 2 aromatic rings. The summed E-state index contributed by atoms with van der Waals surface area (Å²) in [5.41, 5.74) is 1.48. The molecular weight excluding hydrogens is 212 g/mol. The molecule has 0 fully saturated rings. The summed E-state index contributed by atoms with van der Waals surface area (Å²) >= 11 is 0. The van der Waals surface area contributed by atoms with Gasteiger partial charge in [0.1, 0.15) is 0 Å². The van der Waals surface area contributed by atoms with E-state index in [0.717, 1.165) is 11.8 Å². The van der Waals surface area contributed by atoms with Crippen LogP contribution in [0, 0.1) is 11.6 Å². The van der Waals surface area contributed by atoms with Crippen molar-refractivity contribution in [1.29, 1.82) is 0 Å². The molecule has 0 aliphatic heterocycles. The lowest BCUT2D eigenvalue weighted by Crippen LogP contribution is -2.06. The second-order valence-electron chi connectivity index (χ2n) is 3.53. The van der Waals surface area contributed by atoms with Gasteiger partial charge < -0.3 is 5.32 Å². The number of anilines is 1. The van der Waals surface area contributed by atoms with E-state index in [1.54, 1.807) is 18.5 Å². The van der Waals surface area contributed by atoms with Gasteiger partial charge in [-0.1, -0.05) is 6.07 Å². The highest BCUT2D eigenvalue weighted by Crippen LogP contribution is 2.19. The van der Waals surface area contributed by atoms with Crippen LogP contribution < -0.4 is 5.32 Å². The van der Waals surface area contributed by atoms with Crippen LogP contribution in [-0.4, -0.2) is 10.2 Å². The summed E-state index contributed by atoms with van der Waals surface area (Å²) in [4.78, 5) is 0. The van der Waals surface area contributed by atoms with Crippen molar-refractivity contribution in [2.75, 3.05) is 5.32 Å². The van der Waals surface area contributed by atoms with Gasteiger partial charge in [0.2, 0.25) is 0 Å². The first kappa shape index (κ1) is 10.6. The monoisotopic (exact) mass is 223 g/mol. The standard InChI is InChI=1S/C11H11F2N3/c1-7(16-9-5-14-15-6-9)8-2-3-10(12)11(13)4-8/h2-7,16H,1H3,(H,14,15). The van der Waals surface area contributed by atoms with Gasteiger partial charge >= 0.3 is 0 Å². The molecule has 0 aliphatic carbocycles. The SMILES string of the molecule is CC(Nc1cn[nH]c1)c1ccc(F)c(F)c1. The van der Waals surface area contributed by atoms with Gasteiger partial charge in [0.15, 0.2) is 11.6 Å². The molecule has 5 heteroatoms. The normalized spacial score (nSPS) is 12.4. The van der Waals surface area contributed by atoms with Crippen LogP contribution in [-0.2, 0) is 0 Å². The van der Waals surface area contributed by atoms with E-state index >= 15 is 0 Å². The van der Waals surface area contributed by atoms with E-state index in [0.29, 0.717) is 5.56 Å². The maximum Gasteiger partial charge on any atom is 0.159 e. The zero-order valence-electron chi connectivity index (χ0n) is 8.67. The van der Waals surface area contributed by atoms with Crippen molar-refractivity contribution >= 4 is 5.69 Å². The number of aromatic amines is 1. The van der Waals surface area contributed by atoms with Gasteiger partial charge in [-0.2, -0.15) is 5.10 Å². The van der Waals surface area contributed by atoms with Crippen LogP contribution in [0.3, 0.4) is 0 Å². The average Bonchev–Trinajstić information content (AvgIpc) is 2.74. The molecule has 2 N–H and O–H groups in total. The Morgan fingerprint density at radius 2 is 2.12 bits per heavy atom. The molecule has 0 saturated carbocycles. The molecule has 1 atom stereocenters. The fourth-order valence-corrected chi connectivity index (χ4v) is 1.44. The lowest BCUT2D eigenvalue weighted by atomic mass is 10.1. The maximum absolute atomic E-state index is 13.0. The van der Waals surface area contributed by atoms with Gasteiger partial charge in [-0.3, -0.25) is 5.10 Å². The number of hydrogen-bond donors (Lipinski definition) is 2. The largest absolute Gasteiger partial charge is 0.376 e. The van der Waals surface area contributed by atoms with E-state index < -0.39 is 11.6 Å². The van der Waals surface area contributed by atoms with Crippen molar-refractivity contribution in [2.24, 2.45) is 0 Å². The second kappa shape index (κ2) is 4.30. The predicted octanol–water partition coefficient (Wildman–Crippen LogP) is 2.86. The Hall–Kier alpha value is -1.91. The first-order chi connectivity index (χ1) is 7.66. The smallest absolute Gasteiger partial charge is 0.159 e. The zero-order valence-corrected chi connectivity index (χ0v) is 8.67. The molecule has 0 bridgehead atoms. The second-order valence-corrected chi connectivity index (χ2v) is 3.53. The molecule has 1 aromatic carbocycles. The Morgan fingerprint density at radius 1 is 1.31 bits per heavy atom. The molecule has 2 rings (SSSR count). The van der Waals surface area contributed by atoms with E-state index in [1.165, 1.54) is 6.07 Å². The fraction of sp³-hybridized carbons (Fsp3) is 0.182. The van der Waals surface area contributed by atoms with Crippen molar-refractivity contribution in [3.05, 3.63) is 47.8 Å². The Morgan fingerprint density at radius 3 is 2.75 bits per heavy atom. The van der Waals surface area contributed by atoms with E-state index in [-0.39, 0.29) is 6.04 Å². The third-order valence-corrected chi connectivity index (χ3v) is 2.33. The van der Waals surface area contributed by atoms with Crippen molar-refractivity contribution in [3.8, 4) is 0 Å². The fourth-order valence-electron chi connectivity index (χ4n) is 1.44. The van der Waals surface area contributed by atoms with Gasteiger partial charge in [0, 0.05) is 12.2 Å². The predicted molar refractivity (Wildman–Crippen MR) is 57.0 cm³/mol. The summed E-state index contributed by atoms with van der Waals surface area (Å²) in [6.07, 6.45) is 3.31. The molecule has 0 radical (unpaired) electrons. The Kier molecular flexibility index (Phi) is 2.85. The first-order valence-electron chi connectivity index (χ1n) is 4.87. The minimum atomic E-state index is -0.835. The van der Waals surface area contributed by atoms with Gasteiger partial charge in [-0.05, 0) is 24.6 Å². The summed E-state index contributed by atoms with van der Waals surface area (Å²) in [7, 11) is 0. The Labute approximate surface area is 91.5 Å². The summed E-state index contributed by atoms with van der Waals surface area (Å²) < 4.78 is 25.7. The quantitative estimate of drug-likeness (QED) is 0.840. The van der Waals surface area contributed by atoms with E-state index in [4.69, 9.17) is 0 Å². The molecule has 84 valence electrons. The lowest BCUT2D eigenvalue weighted by Gasteiger charge is -2.14. The van der Waals surface area contributed by atoms with Crippen LogP contribution in [0.1, 0.15) is 18.5 Å². The molecule has 3 nitrogen and oxygen atoms in total. The molecule has 0 aliphatic rings. The number of H-pyrrole nitrogens is 1. The number of nitrogens with zero attached hydrogens (tertiary/aromatic N) is 1. The first-order valence-corrected chi connectivity index (χ1v) is 4.87.